The first kappa shape index (κ1) is 22.4. The summed E-state index contributed by atoms with van der Waals surface area (Å²) in [4.78, 5) is 40.0. The van der Waals surface area contributed by atoms with Crippen molar-refractivity contribution in [2.45, 2.75) is 12.5 Å². The molecule has 0 bridgehead atoms. The van der Waals surface area contributed by atoms with Gasteiger partial charge in [-0.2, -0.15) is 0 Å². The van der Waals surface area contributed by atoms with E-state index >= 15 is 0 Å². The highest BCUT2D eigenvalue weighted by atomic mass is 19.1. The molecule has 0 aliphatic carbocycles. The van der Waals surface area contributed by atoms with Crippen LogP contribution in [-0.4, -0.2) is 71.9 Å². The molecule has 0 radical (unpaired) electrons. The van der Waals surface area contributed by atoms with Gasteiger partial charge in [0.05, 0.1) is 5.56 Å². The summed E-state index contributed by atoms with van der Waals surface area (Å²) in [6, 6.07) is 13.3. The summed E-state index contributed by atoms with van der Waals surface area (Å²) in [5.41, 5.74) is 3.02. The molecular formula is C25H26FN5O2. The Balaban J connectivity index is 1.65. The van der Waals surface area contributed by atoms with Crippen LogP contribution in [0.4, 0.5) is 10.3 Å². The predicted octanol–water partition coefficient (Wildman–Crippen LogP) is 2.87. The van der Waals surface area contributed by atoms with E-state index in [1.807, 2.05) is 38.4 Å². The molecule has 7 nitrogen and oxygen atoms in total. The second-order valence-corrected chi connectivity index (χ2v) is 8.31. The molecule has 0 spiro atoms. The molecule has 1 atom stereocenters. The second kappa shape index (κ2) is 9.36. The Hall–Kier alpha value is -3.81. The van der Waals surface area contributed by atoms with E-state index in [-0.39, 0.29) is 17.6 Å². The molecule has 0 N–H and O–H groups in total. The summed E-state index contributed by atoms with van der Waals surface area (Å²) in [6.07, 6.45) is 3.34. The maximum absolute atomic E-state index is 13.4. The van der Waals surface area contributed by atoms with Crippen LogP contribution < -0.4 is 4.90 Å². The van der Waals surface area contributed by atoms with Crippen LogP contribution in [0.2, 0.25) is 0 Å². The van der Waals surface area contributed by atoms with E-state index < -0.39 is 6.04 Å². The summed E-state index contributed by atoms with van der Waals surface area (Å²) in [7, 11) is 5.40. The minimum Gasteiger partial charge on any atom is -0.347 e. The molecule has 4 rings (SSSR count). The Bertz CT molecular complexity index is 1150. The molecule has 170 valence electrons. The zero-order valence-corrected chi connectivity index (χ0v) is 18.9. The lowest BCUT2D eigenvalue weighted by Gasteiger charge is -2.39. The lowest BCUT2D eigenvalue weighted by atomic mass is 9.93. The van der Waals surface area contributed by atoms with E-state index in [0.29, 0.717) is 31.0 Å². The van der Waals surface area contributed by atoms with Crippen LogP contribution in [0.5, 0.6) is 0 Å². The minimum absolute atomic E-state index is 0.116. The third-order valence-electron chi connectivity index (χ3n) is 5.85. The molecule has 1 saturated heterocycles. The van der Waals surface area contributed by atoms with Crippen molar-refractivity contribution >= 4 is 17.8 Å². The Labute approximate surface area is 192 Å². The number of anilines is 1. The Morgan fingerprint density at radius 2 is 1.73 bits per heavy atom. The van der Waals surface area contributed by atoms with Gasteiger partial charge in [-0.3, -0.25) is 9.59 Å². The van der Waals surface area contributed by atoms with E-state index in [9.17, 15) is 14.0 Å². The van der Waals surface area contributed by atoms with E-state index in [2.05, 4.69) is 9.97 Å². The number of rotatable bonds is 5. The number of hydrogen-bond donors (Lipinski definition) is 0. The SMILES string of the molecule is CN1CCN(C(=O)c2cnc(N(C)C)nc2)[C@H](Cc2ccccc2-c2ccc(F)cc2)C1=O. The molecular weight excluding hydrogens is 421 g/mol. The van der Waals surface area contributed by atoms with Gasteiger partial charge >= 0.3 is 0 Å². The number of piperazine rings is 1. The van der Waals surface area contributed by atoms with Crippen molar-refractivity contribution in [2.75, 3.05) is 39.1 Å². The number of amides is 2. The first-order valence-electron chi connectivity index (χ1n) is 10.7. The Morgan fingerprint density at radius 1 is 1.06 bits per heavy atom. The zero-order chi connectivity index (χ0) is 23.5. The number of halogens is 1. The van der Waals surface area contributed by atoms with Crippen LogP contribution in [0.3, 0.4) is 0 Å². The van der Waals surface area contributed by atoms with Gasteiger partial charge in [-0.25, -0.2) is 14.4 Å². The minimum atomic E-state index is -0.661. The molecule has 2 heterocycles. The monoisotopic (exact) mass is 447 g/mol. The van der Waals surface area contributed by atoms with Crippen molar-refractivity contribution in [1.82, 2.24) is 19.8 Å². The molecule has 0 unspecified atom stereocenters. The molecule has 1 aromatic heterocycles. The lowest BCUT2D eigenvalue weighted by molar-refractivity contribution is -0.138. The summed E-state index contributed by atoms with van der Waals surface area (Å²) in [6.45, 7) is 0.872. The number of carbonyl (C=O) groups is 2. The van der Waals surface area contributed by atoms with E-state index in [1.165, 1.54) is 24.5 Å². The average Bonchev–Trinajstić information content (AvgIpc) is 2.83. The summed E-state index contributed by atoms with van der Waals surface area (Å²) >= 11 is 0. The molecule has 0 saturated carbocycles. The zero-order valence-electron chi connectivity index (χ0n) is 18.9. The smallest absolute Gasteiger partial charge is 0.257 e. The highest BCUT2D eigenvalue weighted by Crippen LogP contribution is 2.27. The summed E-state index contributed by atoms with van der Waals surface area (Å²) in [5.74, 6) is -0.189. The highest BCUT2D eigenvalue weighted by molar-refractivity contribution is 5.98. The normalized spacial score (nSPS) is 16.1. The van der Waals surface area contributed by atoms with Crippen LogP contribution in [0.25, 0.3) is 11.1 Å². The van der Waals surface area contributed by atoms with Gasteiger partial charge in [0.2, 0.25) is 11.9 Å². The van der Waals surface area contributed by atoms with Gasteiger partial charge in [-0.1, -0.05) is 36.4 Å². The van der Waals surface area contributed by atoms with Gasteiger partial charge in [0.15, 0.2) is 0 Å². The van der Waals surface area contributed by atoms with Crippen LogP contribution in [0.1, 0.15) is 15.9 Å². The molecule has 2 aromatic carbocycles. The standard InChI is InChI=1S/C25H26FN5O2/c1-29(2)25-27-15-19(16-28-25)23(32)31-13-12-30(3)24(33)22(31)14-18-6-4-5-7-21(18)17-8-10-20(26)11-9-17/h4-11,15-16,22H,12-14H2,1-3H3/t22-/m1/s1. The van der Waals surface area contributed by atoms with Gasteiger partial charge < -0.3 is 14.7 Å². The molecule has 1 aliphatic heterocycles. The third kappa shape index (κ3) is 4.69. The first-order chi connectivity index (χ1) is 15.8. The fraction of sp³-hybridized carbons (Fsp3) is 0.280. The third-order valence-corrected chi connectivity index (χ3v) is 5.85. The van der Waals surface area contributed by atoms with E-state index in [0.717, 1.165) is 16.7 Å². The fourth-order valence-corrected chi connectivity index (χ4v) is 4.00. The molecule has 33 heavy (non-hydrogen) atoms. The Kier molecular flexibility index (Phi) is 6.35. The van der Waals surface area contributed by atoms with Gasteiger partial charge in [-0.05, 0) is 28.8 Å². The molecule has 1 aliphatic rings. The van der Waals surface area contributed by atoms with Crippen molar-refractivity contribution in [1.29, 1.82) is 0 Å². The number of hydrogen-bond acceptors (Lipinski definition) is 5. The molecule has 8 heteroatoms. The molecule has 2 amide bonds. The maximum Gasteiger partial charge on any atom is 0.257 e. The highest BCUT2D eigenvalue weighted by Gasteiger charge is 2.37. The quantitative estimate of drug-likeness (QED) is 0.602. The molecule has 1 fully saturated rings. The largest absolute Gasteiger partial charge is 0.347 e. The van der Waals surface area contributed by atoms with Crippen molar-refractivity contribution in [2.24, 2.45) is 0 Å². The topological polar surface area (TPSA) is 69.6 Å². The average molecular weight is 448 g/mol. The van der Waals surface area contributed by atoms with Crippen molar-refractivity contribution in [3.63, 3.8) is 0 Å². The number of carbonyl (C=O) groups excluding carboxylic acids is 2. The van der Waals surface area contributed by atoms with E-state index in [1.54, 1.807) is 33.9 Å². The van der Waals surface area contributed by atoms with Gasteiger partial charge in [-0.15, -0.1) is 0 Å². The molecule has 3 aromatic rings. The predicted molar refractivity (Wildman–Crippen MR) is 124 cm³/mol. The van der Waals surface area contributed by atoms with Crippen LogP contribution >= 0.6 is 0 Å². The second-order valence-electron chi connectivity index (χ2n) is 8.31. The van der Waals surface area contributed by atoms with Gasteiger partial charge in [0.25, 0.3) is 5.91 Å². The van der Waals surface area contributed by atoms with Gasteiger partial charge in [0.1, 0.15) is 11.9 Å². The van der Waals surface area contributed by atoms with Crippen molar-refractivity contribution in [3.8, 4) is 11.1 Å². The lowest BCUT2D eigenvalue weighted by Crippen LogP contribution is -2.58. The Morgan fingerprint density at radius 3 is 2.39 bits per heavy atom. The van der Waals surface area contributed by atoms with E-state index in [4.69, 9.17) is 0 Å². The first-order valence-corrected chi connectivity index (χ1v) is 10.7. The number of aromatic nitrogens is 2. The van der Waals surface area contributed by atoms with Crippen LogP contribution in [-0.2, 0) is 11.2 Å². The number of benzene rings is 2. The van der Waals surface area contributed by atoms with Crippen LogP contribution in [0.15, 0.2) is 60.9 Å². The van der Waals surface area contributed by atoms with Crippen molar-refractivity contribution in [3.05, 3.63) is 77.9 Å². The summed E-state index contributed by atoms with van der Waals surface area (Å²) in [5, 5.41) is 0. The maximum atomic E-state index is 13.4. The number of nitrogens with zero attached hydrogens (tertiary/aromatic N) is 5. The van der Waals surface area contributed by atoms with Crippen LogP contribution in [0, 0.1) is 5.82 Å². The number of likely N-dealkylation sites (N-methyl/N-ethyl adjacent to an activating group) is 1. The van der Waals surface area contributed by atoms with Crippen molar-refractivity contribution < 1.29 is 14.0 Å². The van der Waals surface area contributed by atoms with Gasteiger partial charge in [0, 0.05) is 53.0 Å². The summed E-state index contributed by atoms with van der Waals surface area (Å²) < 4.78 is 13.4. The fourth-order valence-electron chi connectivity index (χ4n) is 4.00.